The first-order valence-corrected chi connectivity index (χ1v) is 7.72. The van der Waals surface area contributed by atoms with E-state index in [4.69, 9.17) is 10.5 Å². The molecule has 3 rings (SSSR count). The van der Waals surface area contributed by atoms with E-state index in [0.29, 0.717) is 0 Å². The van der Waals surface area contributed by atoms with Gasteiger partial charge in [0, 0.05) is 5.41 Å². The predicted octanol–water partition coefficient (Wildman–Crippen LogP) is -0.0174. The summed E-state index contributed by atoms with van der Waals surface area (Å²) in [5.41, 5.74) is 2.53. The Morgan fingerprint density at radius 2 is 2.16 bits per heavy atom. The predicted molar refractivity (Wildman–Crippen MR) is 85.0 cm³/mol. The fraction of sp³-hybridized carbons (Fsp3) is 0.600. The number of ether oxygens (including phenoxy) is 1. The van der Waals surface area contributed by atoms with Crippen molar-refractivity contribution in [3.63, 3.8) is 0 Å². The van der Waals surface area contributed by atoms with Gasteiger partial charge in [0.15, 0.2) is 23.5 Å². The first-order valence-electron chi connectivity index (χ1n) is 7.72. The van der Waals surface area contributed by atoms with Gasteiger partial charge in [-0.25, -0.2) is 19.3 Å². The van der Waals surface area contributed by atoms with E-state index in [1.807, 2.05) is 0 Å². The van der Waals surface area contributed by atoms with Crippen molar-refractivity contribution in [3.8, 4) is 0 Å². The molecular formula is C15H20FN5O4. The molecule has 1 saturated heterocycles. The molecule has 0 spiro atoms. The fourth-order valence-corrected chi connectivity index (χ4v) is 2.95. The Kier molecular flexibility index (Phi) is 4.01. The average molecular weight is 353 g/mol. The number of nitrogens with zero attached hydrogens (tertiary/aromatic N) is 4. The largest absolute Gasteiger partial charge is 0.386 e. The summed E-state index contributed by atoms with van der Waals surface area (Å²) in [6, 6.07) is 0. The quantitative estimate of drug-likeness (QED) is 0.700. The van der Waals surface area contributed by atoms with E-state index in [0.717, 1.165) is 0 Å². The maximum absolute atomic E-state index is 15.1. The highest BCUT2D eigenvalue weighted by Gasteiger charge is 2.59. The topological polar surface area (TPSA) is 136 Å². The fourth-order valence-electron chi connectivity index (χ4n) is 2.95. The lowest BCUT2D eigenvalue weighted by Crippen LogP contribution is -2.52. The second-order valence-electron chi connectivity index (χ2n) is 7.16. The minimum Gasteiger partial charge on any atom is -0.386 e. The molecule has 1 aliphatic rings. The molecule has 0 amide bonds. The van der Waals surface area contributed by atoms with Crippen LogP contribution in [0.3, 0.4) is 0 Å². The molecule has 0 aliphatic carbocycles. The van der Waals surface area contributed by atoms with Crippen molar-refractivity contribution in [1.29, 1.82) is 0 Å². The zero-order valence-electron chi connectivity index (χ0n) is 14.0. The number of aliphatic hydroxyl groups is 2. The number of hydrogen-bond donors (Lipinski definition) is 3. The Balaban J connectivity index is 1.92. The summed E-state index contributed by atoms with van der Waals surface area (Å²) in [5, 5.41) is 20.9. The molecule has 0 aromatic carbocycles. The minimum atomic E-state index is -2.60. The van der Waals surface area contributed by atoms with Gasteiger partial charge in [0.25, 0.3) is 0 Å². The van der Waals surface area contributed by atoms with Gasteiger partial charge in [-0.2, -0.15) is 0 Å². The molecular weight excluding hydrogens is 333 g/mol. The number of carbonyl (C=O) groups excluding carboxylic acids is 1. The van der Waals surface area contributed by atoms with Crippen LogP contribution >= 0.6 is 0 Å². The second kappa shape index (κ2) is 5.68. The normalized spacial score (nSPS) is 28.4. The van der Waals surface area contributed by atoms with E-state index in [9.17, 15) is 15.0 Å². The van der Waals surface area contributed by atoms with Crippen LogP contribution < -0.4 is 5.73 Å². The molecule has 1 aliphatic heterocycles. The number of nitrogen functional groups attached to an aromatic ring is 1. The molecule has 0 saturated carbocycles. The van der Waals surface area contributed by atoms with E-state index in [1.54, 1.807) is 20.8 Å². The number of fused-ring (bicyclic) bond motifs is 1. The standard InChI is InChI=1S/C15H20FN5O4/c1-14(2,3)13(24)15(16)4-25-8(9(15)22)12(23)21-6-20-7-10(17)18-5-19-11(7)21/h5-6,8-9,12,22-23H,4H2,1-3H3,(H2,17,18,19)/t8-,9+,12?,15-/m0/s1. The van der Waals surface area contributed by atoms with Crippen molar-refractivity contribution in [3.05, 3.63) is 12.7 Å². The van der Waals surface area contributed by atoms with Crippen molar-refractivity contribution in [2.24, 2.45) is 5.41 Å². The van der Waals surface area contributed by atoms with Gasteiger partial charge in [0.05, 0.1) is 12.9 Å². The van der Waals surface area contributed by atoms with Crippen LogP contribution in [-0.2, 0) is 9.53 Å². The summed E-state index contributed by atoms with van der Waals surface area (Å²) in [7, 11) is 0. The smallest absolute Gasteiger partial charge is 0.220 e. The van der Waals surface area contributed by atoms with E-state index in [2.05, 4.69) is 15.0 Å². The molecule has 2 aromatic heterocycles. The van der Waals surface area contributed by atoms with E-state index in [1.165, 1.54) is 17.2 Å². The molecule has 10 heteroatoms. The van der Waals surface area contributed by atoms with Gasteiger partial charge in [-0.3, -0.25) is 9.36 Å². The Hall–Kier alpha value is -2.17. The Morgan fingerprint density at radius 3 is 2.80 bits per heavy atom. The number of anilines is 1. The highest BCUT2D eigenvalue weighted by molar-refractivity contribution is 5.92. The third-order valence-electron chi connectivity index (χ3n) is 4.29. The lowest BCUT2D eigenvalue weighted by molar-refractivity contribution is -0.145. The highest BCUT2D eigenvalue weighted by atomic mass is 19.1. The number of halogens is 1. The van der Waals surface area contributed by atoms with Gasteiger partial charge in [-0.1, -0.05) is 20.8 Å². The SMILES string of the molecule is CC(C)(C)C(=O)[C@]1(F)CO[C@H](C(O)n2cnc3c(N)ncnc32)[C@H]1O. The monoisotopic (exact) mass is 353 g/mol. The highest BCUT2D eigenvalue weighted by Crippen LogP contribution is 2.39. The van der Waals surface area contributed by atoms with Gasteiger partial charge in [0.2, 0.25) is 5.67 Å². The number of aliphatic hydroxyl groups excluding tert-OH is 2. The Morgan fingerprint density at radius 1 is 1.48 bits per heavy atom. The number of carbonyl (C=O) groups is 1. The molecule has 9 nitrogen and oxygen atoms in total. The minimum absolute atomic E-state index is 0.117. The van der Waals surface area contributed by atoms with Crippen molar-refractivity contribution in [1.82, 2.24) is 19.5 Å². The van der Waals surface area contributed by atoms with Crippen LogP contribution in [0.15, 0.2) is 12.7 Å². The van der Waals surface area contributed by atoms with Crippen molar-refractivity contribution in [2.45, 2.75) is 44.9 Å². The number of Topliss-reactive ketones (excluding diaryl/α,β-unsaturated/α-hetero) is 1. The van der Waals surface area contributed by atoms with Crippen LogP contribution in [0.25, 0.3) is 11.2 Å². The zero-order valence-corrected chi connectivity index (χ0v) is 14.0. The van der Waals surface area contributed by atoms with E-state index in [-0.39, 0.29) is 17.0 Å². The number of alkyl halides is 1. The van der Waals surface area contributed by atoms with Crippen LogP contribution in [0.2, 0.25) is 0 Å². The van der Waals surface area contributed by atoms with Crippen molar-refractivity contribution in [2.75, 3.05) is 12.3 Å². The van der Waals surface area contributed by atoms with Crippen LogP contribution in [0.5, 0.6) is 0 Å². The van der Waals surface area contributed by atoms with Gasteiger partial charge in [-0.15, -0.1) is 0 Å². The van der Waals surface area contributed by atoms with Crippen LogP contribution in [0.4, 0.5) is 10.2 Å². The molecule has 3 heterocycles. The van der Waals surface area contributed by atoms with Gasteiger partial charge < -0.3 is 20.7 Å². The van der Waals surface area contributed by atoms with E-state index < -0.39 is 41.9 Å². The molecule has 2 aromatic rings. The molecule has 4 atom stereocenters. The zero-order chi connectivity index (χ0) is 18.6. The number of aromatic nitrogens is 4. The van der Waals surface area contributed by atoms with Crippen LogP contribution in [0.1, 0.15) is 27.0 Å². The van der Waals surface area contributed by atoms with E-state index >= 15 is 4.39 Å². The Bertz CT molecular complexity index is 820. The first kappa shape index (κ1) is 17.6. The molecule has 25 heavy (non-hydrogen) atoms. The third-order valence-corrected chi connectivity index (χ3v) is 4.29. The van der Waals surface area contributed by atoms with Crippen LogP contribution in [-0.4, -0.2) is 60.0 Å². The second-order valence-corrected chi connectivity index (χ2v) is 7.16. The number of rotatable bonds is 3. The van der Waals surface area contributed by atoms with Gasteiger partial charge in [-0.05, 0) is 0 Å². The molecule has 136 valence electrons. The molecule has 1 fully saturated rings. The summed E-state index contributed by atoms with van der Waals surface area (Å²) < 4.78 is 21.6. The summed E-state index contributed by atoms with van der Waals surface area (Å²) in [6.45, 7) is 4.01. The summed E-state index contributed by atoms with van der Waals surface area (Å²) >= 11 is 0. The summed E-state index contributed by atoms with van der Waals surface area (Å²) in [6.07, 6.45) is -2.30. The van der Waals surface area contributed by atoms with Gasteiger partial charge in [0.1, 0.15) is 24.1 Å². The lowest BCUT2D eigenvalue weighted by atomic mass is 9.78. The third kappa shape index (κ3) is 2.66. The number of hydrogen-bond acceptors (Lipinski definition) is 8. The maximum atomic E-state index is 15.1. The number of imidazole rings is 1. The Labute approximate surface area is 142 Å². The van der Waals surface area contributed by atoms with Crippen LogP contribution in [0, 0.1) is 5.41 Å². The maximum Gasteiger partial charge on any atom is 0.220 e. The summed E-state index contributed by atoms with van der Waals surface area (Å²) in [4.78, 5) is 24.1. The van der Waals surface area contributed by atoms with Crippen molar-refractivity contribution < 1.29 is 24.1 Å². The number of nitrogens with two attached hydrogens (primary N) is 1. The number of ketones is 1. The molecule has 1 unspecified atom stereocenters. The first-order chi connectivity index (χ1) is 11.6. The average Bonchev–Trinajstić information content (AvgIpc) is 3.09. The molecule has 0 radical (unpaired) electrons. The summed E-state index contributed by atoms with van der Waals surface area (Å²) in [5.74, 6) is -0.671. The van der Waals surface area contributed by atoms with Gasteiger partial charge >= 0.3 is 0 Å². The molecule has 4 N–H and O–H groups in total. The lowest BCUT2D eigenvalue weighted by Gasteiger charge is -2.30. The van der Waals surface area contributed by atoms with Crippen molar-refractivity contribution >= 4 is 22.8 Å². The molecule has 0 bridgehead atoms.